The van der Waals surface area contributed by atoms with E-state index in [1.165, 1.54) is 4.31 Å². The number of carbonyl (C=O) groups is 1. The van der Waals surface area contributed by atoms with E-state index in [9.17, 15) is 13.2 Å². The van der Waals surface area contributed by atoms with Crippen molar-refractivity contribution in [2.45, 2.75) is 39.7 Å². The Hall–Kier alpha value is -0.660. The summed E-state index contributed by atoms with van der Waals surface area (Å²) >= 11 is 0. The molecule has 1 unspecified atom stereocenters. The molecule has 0 spiro atoms. The van der Waals surface area contributed by atoms with Gasteiger partial charge >= 0.3 is 0 Å². The van der Waals surface area contributed by atoms with Crippen molar-refractivity contribution in [1.29, 1.82) is 0 Å². The van der Waals surface area contributed by atoms with Gasteiger partial charge in [0.25, 0.3) is 0 Å². The summed E-state index contributed by atoms with van der Waals surface area (Å²) in [5.41, 5.74) is 0. The van der Waals surface area contributed by atoms with Gasteiger partial charge in [-0.25, -0.2) is 8.42 Å². The Labute approximate surface area is 121 Å². The van der Waals surface area contributed by atoms with Crippen molar-refractivity contribution in [2.75, 3.05) is 32.0 Å². The van der Waals surface area contributed by atoms with Crippen LogP contribution in [0.25, 0.3) is 0 Å². The summed E-state index contributed by atoms with van der Waals surface area (Å²) in [6, 6.07) is 0. The Balaban J connectivity index is 2.42. The van der Waals surface area contributed by atoms with Gasteiger partial charge < -0.3 is 10.1 Å². The van der Waals surface area contributed by atoms with Gasteiger partial charge in [-0.15, -0.1) is 0 Å². The Morgan fingerprint density at radius 2 is 2.05 bits per heavy atom. The number of rotatable bonds is 7. The second kappa shape index (κ2) is 7.95. The molecule has 7 heteroatoms. The van der Waals surface area contributed by atoms with Crippen molar-refractivity contribution in [3.63, 3.8) is 0 Å². The molecule has 6 nitrogen and oxygen atoms in total. The zero-order valence-corrected chi connectivity index (χ0v) is 13.4. The van der Waals surface area contributed by atoms with E-state index in [0.29, 0.717) is 19.7 Å². The molecule has 1 heterocycles. The fraction of sp³-hybridized carbons (Fsp3) is 0.923. The molecule has 0 aliphatic carbocycles. The van der Waals surface area contributed by atoms with Gasteiger partial charge in [-0.05, 0) is 19.8 Å². The van der Waals surface area contributed by atoms with E-state index < -0.39 is 10.0 Å². The van der Waals surface area contributed by atoms with Crippen LogP contribution in [-0.4, -0.2) is 56.7 Å². The number of amides is 1. The second-order valence-electron chi connectivity index (χ2n) is 5.16. The quantitative estimate of drug-likeness (QED) is 0.747. The molecule has 0 bridgehead atoms. The summed E-state index contributed by atoms with van der Waals surface area (Å²) in [5.74, 6) is -0.132. The van der Waals surface area contributed by atoms with Crippen LogP contribution in [-0.2, 0) is 19.6 Å². The summed E-state index contributed by atoms with van der Waals surface area (Å²) < 4.78 is 31.1. The number of nitrogens with one attached hydrogen (secondary N) is 1. The van der Waals surface area contributed by atoms with Gasteiger partial charge in [0.15, 0.2) is 0 Å². The van der Waals surface area contributed by atoms with Crippen LogP contribution in [0.1, 0.15) is 33.6 Å². The zero-order chi connectivity index (χ0) is 15.2. The van der Waals surface area contributed by atoms with Gasteiger partial charge in [0.2, 0.25) is 15.9 Å². The van der Waals surface area contributed by atoms with Gasteiger partial charge in [0, 0.05) is 25.6 Å². The molecule has 118 valence electrons. The summed E-state index contributed by atoms with van der Waals surface area (Å²) in [6.07, 6.45) is 1.48. The minimum atomic E-state index is -3.31. The third-order valence-electron chi connectivity index (χ3n) is 3.61. The van der Waals surface area contributed by atoms with Gasteiger partial charge in [0.1, 0.15) is 0 Å². The molecular weight excluding hydrogens is 280 g/mol. The molecule has 0 aromatic carbocycles. The minimum absolute atomic E-state index is 0.0267. The summed E-state index contributed by atoms with van der Waals surface area (Å²) in [5, 5.41) is 2.71. The van der Waals surface area contributed by atoms with Crippen molar-refractivity contribution in [1.82, 2.24) is 9.62 Å². The van der Waals surface area contributed by atoms with E-state index in [2.05, 4.69) is 5.32 Å². The highest BCUT2D eigenvalue weighted by Crippen LogP contribution is 2.10. The first-order valence-electron chi connectivity index (χ1n) is 7.27. The molecule has 0 aromatic rings. The van der Waals surface area contributed by atoms with Crippen molar-refractivity contribution in [3.05, 3.63) is 0 Å². The lowest BCUT2D eigenvalue weighted by Gasteiger charge is -2.30. The number of nitrogens with zero attached hydrogens (tertiary/aromatic N) is 1. The van der Waals surface area contributed by atoms with Crippen LogP contribution >= 0.6 is 0 Å². The van der Waals surface area contributed by atoms with E-state index in [4.69, 9.17) is 4.74 Å². The molecule has 0 aromatic heterocycles. The van der Waals surface area contributed by atoms with Crippen LogP contribution < -0.4 is 5.32 Å². The third kappa shape index (κ3) is 5.03. The molecule has 1 N–H and O–H groups in total. The topological polar surface area (TPSA) is 75.7 Å². The zero-order valence-electron chi connectivity index (χ0n) is 12.6. The van der Waals surface area contributed by atoms with Crippen molar-refractivity contribution in [2.24, 2.45) is 5.92 Å². The lowest BCUT2D eigenvalue weighted by atomic mass is 10.0. The highest BCUT2D eigenvalue weighted by Gasteiger charge is 2.27. The average molecular weight is 306 g/mol. The molecule has 20 heavy (non-hydrogen) atoms. The highest BCUT2D eigenvalue weighted by molar-refractivity contribution is 7.89. The molecule has 1 saturated heterocycles. The summed E-state index contributed by atoms with van der Waals surface area (Å²) in [6.45, 7) is 7.16. The number of hydrogen-bond donors (Lipinski definition) is 1. The van der Waals surface area contributed by atoms with E-state index in [0.717, 1.165) is 12.8 Å². The first kappa shape index (κ1) is 17.4. The number of carbonyl (C=O) groups excluding carboxylic acids is 1. The summed E-state index contributed by atoms with van der Waals surface area (Å²) in [7, 11) is -3.31. The first-order chi connectivity index (χ1) is 9.40. The van der Waals surface area contributed by atoms with Crippen LogP contribution in [0.3, 0.4) is 0 Å². The Morgan fingerprint density at radius 3 is 2.60 bits per heavy atom. The van der Waals surface area contributed by atoms with Crippen molar-refractivity contribution < 1.29 is 17.9 Å². The fourth-order valence-electron chi connectivity index (χ4n) is 2.28. The molecule has 0 radical (unpaired) electrons. The Morgan fingerprint density at radius 1 is 1.40 bits per heavy atom. The number of hydrogen-bond acceptors (Lipinski definition) is 4. The van der Waals surface area contributed by atoms with E-state index in [1.807, 2.05) is 20.8 Å². The smallest absolute Gasteiger partial charge is 0.223 e. The van der Waals surface area contributed by atoms with Gasteiger partial charge in [-0.1, -0.05) is 13.8 Å². The molecule has 1 atom stereocenters. The molecular formula is C13H26N2O4S. The predicted molar refractivity (Wildman–Crippen MR) is 77.9 cm³/mol. The molecule has 1 amide bonds. The van der Waals surface area contributed by atoms with Gasteiger partial charge in [-0.3, -0.25) is 4.79 Å². The van der Waals surface area contributed by atoms with Crippen LogP contribution in [0.15, 0.2) is 0 Å². The SMILES string of the molecule is CCC(CC)C(=O)NCCS(=O)(=O)N1CCOC(C)C1. The third-order valence-corrected chi connectivity index (χ3v) is 5.45. The van der Waals surface area contributed by atoms with Crippen LogP contribution in [0.2, 0.25) is 0 Å². The summed E-state index contributed by atoms with van der Waals surface area (Å²) in [4.78, 5) is 11.8. The van der Waals surface area contributed by atoms with E-state index >= 15 is 0 Å². The normalized spacial score (nSPS) is 21.1. The van der Waals surface area contributed by atoms with Crippen LogP contribution in [0.4, 0.5) is 0 Å². The second-order valence-corrected chi connectivity index (χ2v) is 7.25. The average Bonchev–Trinajstić information content (AvgIpc) is 2.40. The van der Waals surface area contributed by atoms with Gasteiger partial charge in [-0.2, -0.15) is 4.31 Å². The Bertz CT molecular complexity index is 407. The largest absolute Gasteiger partial charge is 0.376 e. The van der Waals surface area contributed by atoms with E-state index in [-0.39, 0.29) is 30.2 Å². The van der Waals surface area contributed by atoms with E-state index in [1.54, 1.807) is 0 Å². The van der Waals surface area contributed by atoms with Crippen LogP contribution in [0, 0.1) is 5.92 Å². The monoisotopic (exact) mass is 306 g/mol. The number of sulfonamides is 1. The molecule has 1 fully saturated rings. The lowest BCUT2D eigenvalue weighted by molar-refractivity contribution is -0.125. The first-order valence-corrected chi connectivity index (χ1v) is 8.88. The molecule has 1 aliphatic heterocycles. The maximum absolute atomic E-state index is 12.1. The lowest BCUT2D eigenvalue weighted by Crippen LogP contribution is -2.47. The molecule has 1 aliphatic rings. The maximum atomic E-state index is 12.1. The molecule has 0 saturated carbocycles. The number of morpholine rings is 1. The standard InChI is InChI=1S/C13H26N2O4S/c1-4-12(5-2)13(16)14-6-9-20(17,18)15-7-8-19-11(3)10-15/h11-12H,4-10H2,1-3H3,(H,14,16). The highest BCUT2D eigenvalue weighted by atomic mass is 32.2. The molecule has 1 rings (SSSR count). The predicted octanol–water partition coefficient (Wildman–Crippen LogP) is 0.589. The number of ether oxygens (including phenoxy) is 1. The fourth-order valence-corrected chi connectivity index (χ4v) is 3.68. The van der Waals surface area contributed by atoms with Crippen LogP contribution in [0.5, 0.6) is 0 Å². The Kier molecular flexibility index (Phi) is 6.91. The minimum Gasteiger partial charge on any atom is -0.376 e. The van der Waals surface area contributed by atoms with Crippen molar-refractivity contribution >= 4 is 15.9 Å². The van der Waals surface area contributed by atoms with Crippen molar-refractivity contribution in [3.8, 4) is 0 Å². The maximum Gasteiger partial charge on any atom is 0.223 e. The van der Waals surface area contributed by atoms with Gasteiger partial charge in [0.05, 0.1) is 18.5 Å².